The summed E-state index contributed by atoms with van der Waals surface area (Å²) in [7, 11) is 1.88. The van der Waals surface area contributed by atoms with Gasteiger partial charge in [-0.2, -0.15) is 5.10 Å². The predicted octanol–water partition coefficient (Wildman–Crippen LogP) is 1.02. The molecule has 0 aromatic carbocycles. The number of nitrogens with zero attached hydrogens (tertiary/aromatic N) is 3. The van der Waals surface area contributed by atoms with Crippen molar-refractivity contribution < 1.29 is 0 Å². The third-order valence-electron chi connectivity index (χ3n) is 1.14. The SMILES string of the molecule is Cc1nc(CBr)nn1C. The fourth-order valence-corrected chi connectivity index (χ4v) is 0.821. The Labute approximate surface area is 62.2 Å². The molecule has 1 heterocycles. The minimum absolute atomic E-state index is 0.731. The Morgan fingerprint density at radius 2 is 2.33 bits per heavy atom. The first-order valence-corrected chi connectivity index (χ1v) is 3.78. The lowest BCUT2D eigenvalue weighted by Gasteiger charge is -1.85. The number of rotatable bonds is 1. The Bertz CT molecular complexity index is 186. The molecule has 50 valence electrons. The maximum atomic E-state index is 4.13. The zero-order chi connectivity index (χ0) is 6.85. The highest BCUT2D eigenvalue weighted by Crippen LogP contribution is 1.98. The minimum Gasteiger partial charge on any atom is -0.253 e. The molecule has 1 aromatic heterocycles. The lowest BCUT2D eigenvalue weighted by Crippen LogP contribution is -1.92. The second kappa shape index (κ2) is 2.47. The van der Waals surface area contributed by atoms with Gasteiger partial charge in [-0.15, -0.1) is 0 Å². The zero-order valence-electron chi connectivity index (χ0n) is 5.43. The quantitative estimate of drug-likeness (QED) is 0.619. The fraction of sp³-hybridized carbons (Fsp3) is 0.600. The van der Waals surface area contributed by atoms with E-state index in [2.05, 4.69) is 26.0 Å². The molecule has 0 saturated carbocycles. The summed E-state index contributed by atoms with van der Waals surface area (Å²) < 4.78 is 1.76. The molecule has 0 unspecified atom stereocenters. The van der Waals surface area contributed by atoms with E-state index in [0.29, 0.717) is 0 Å². The summed E-state index contributed by atoms with van der Waals surface area (Å²) in [6, 6.07) is 0. The second-order valence-corrected chi connectivity index (χ2v) is 2.39. The van der Waals surface area contributed by atoms with Crippen molar-refractivity contribution in [1.82, 2.24) is 14.8 Å². The first kappa shape index (κ1) is 6.74. The number of aryl methyl sites for hydroxylation is 2. The van der Waals surface area contributed by atoms with Gasteiger partial charge in [-0.1, -0.05) is 15.9 Å². The maximum Gasteiger partial charge on any atom is 0.161 e. The van der Waals surface area contributed by atoms with Gasteiger partial charge in [-0.25, -0.2) is 4.98 Å². The van der Waals surface area contributed by atoms with Crippen LogP contribution in [0.5, 0.6) is 0 Å². The molecule has 0 N–H and O–H groups in total. The van der Waals surface area contributed by atoms with Crippen LogP contribution in [0.3, 0.4) is 0 Å². The molecular weight excluding hydrogens is 182 g/mol. The van der Waals surface area contributed by atoms with Crippen molar-refractivity contribution in [3.8, 4) is 0 Å². The van der Waals surface area contributed by atoms with E-state index in [-0.39, 0.29) is 0 Å². The van der Waals surface area contributed by atoms with Crippen molar-refractivity contribution in [3.05, 3.63) is 11.6 Å². The van der Waals surface area contributed by atoms with Crippen molar-refractivity contribution >= 4 is 15.9 Å². The van der Waals surface area contributed by atoms with E-state index in [0.717, 1.165) is 17.0 Å². The summed E-state index contributed by atoms with van der Waals surface area (Å²) >= 11 is 3.27. The highest BCUT2D eigenvalue weighted by molar-refractivity contribution is 9.08. The Balaban J connectivity index is 2.98. The number of alkyl halides is 1. The zero-order valence-corrected chi connectivity index (χ0v) is 7.01. The first-order valence-electron chi connectivity index (χ1n) is 2.66. The summed E-state index contributed by atoms with van der Waals surface area (Å²) in [5, 5.41) is 4.82. The standard InChI is InChI=1S/C5H8BrN3/c1-4-7-5(3-6)8-9(4)2/h3H2,1-2H3. The van der Waals surface area contributed by atoms with Crippen LogP contribution < -0.4 is 0 Å². The molecule has 0 aliphatic heterocycles. The van der Waals surface area contributed by atoms with Gasteiger partial charge in [0.15, 0.2) is 5.82 Å². The first-order chi connectivity index (χ1) is 4.24. The largest absolute Gasteiger partial charge is 0.253 e. The van der Waals surface area contributed by atoms with E-state index in [4.69, 9.17) is 0 Å². The van der Waals surface area contributed by atoms with Gasteiger partial charge in [-0.3, -0.25) is 4.68 Å². The number of halogens is 1. The number of hydrogen-bond acceptors (Lipinski definition) is 2. The molecule has 0 atom stereocenters. The fourth-order valence-electron chi connectivity index (χ4n) is 0.584. The van der Waals surface area contributed by atoms with Gasteiger partial charge in [0.1, 0.15) is 5.82 Å². The molecule has 0 spiro atoms. The normalized spacial score (nSPS) is 10.1. The average molecular weight is 190 g/mol. The van der Waals surface area contributed by atoms with Crippen LogP contribution in [0.2, 0.25) is 0 Å². The van der Waals surface area contributed by atoms with Crippen molar-refractivity contribution in [3.63, 3.8) is 0 Å². The summed E-state index contributed by atoms with van der Waals surface area (Å²) in [6.07, 6.45) is 0. The van der Waals surface area contributed by atoms with Crippen LogP contribution in [0.15, 0.2) is 0 Å². The number of hydrogen-bond donors (Lipinski definition) is 0. The summed E-state index contributed by atoms with van der Waals surface area (Å²) in [6.45, 7) is 1.93. The van der Waals surface area contributed by atoms with E-state index < -0.39 is 0 Å². The van der Waals surface area contributed by atoms with Gasteiger partial charge in [0.25, 0.3) is 0 Å². The van der Waals surface area contributed by atoms with E-state index >= 15 is 0 Å². The summed E-state index contributed by atoms with van der Waals surface area (Å²) in [4.78, 5) is 4.13. The number of aromatic nitrogens is 3. The van der Waals surface area contributed by atoms with Crippen LogP contribution in [-0.2, 0) is 12.4 Å². The molecule has 4 heteroatoms. The van der Waals surface area contributed by atoms with Crippen LogP contribution in [-0.4, -0.2) is 14.8 Å². The molecule has 0 fully saturated rings. The summed E-state index contributed by atoms with van der Waals surface area (Å²) in [5.41, 5.74) is 0. The van der Waals surface area contributed by atoms with Crippen LogP contribution in [0.4, 0.5) is 0 Å². The van der Waals surface area contributed by atoms with E-state index in [1.165, 1.54) is 0 Å². The van der Waals surface area contributed by atoms with Crippen LogP contribution in [0, 0.1) is 6.92 Å². The highest BCUT2D eigenvalue weighted by atomic mass is 79.9. The molecule has 1 rings (SSSR count). The minimum atomic E-state index is 0.731. The van der Waals surface area contributed by atoms with E-state index in [1.54, 1.807) is 4.68 Å². The Morgan fingerprint density at radius 3 is 2.56 bits per heavy atom. The van der Waals surface area contributed by atoms with Crippen molar-refractivity contribution in [2.24, 2.45) is 7.05 Å². The van der Waals surface area contributed by atoms with E-state index in [9.17, 15) is 0 Å². The predicted molar refractivity (Wildman–Crippen MR) is 38.4 cm³/mol. The molecular formula is C5H8BrN3. The van der Waals surface area contributed by atoms with Crippen molar-refractivity contribution in [1.29, 1.82) is 0 Å². The monoisotopic (exact) mass is 189 g/mol. The van der Waals surface area contributed by atoms with Gasteiger partial charge in [0.05, 0.1) is 5.33 Å². The molecule has 9 heavy (non-hydrogen) atoms. The van der Waals surface area contributed by atoms with Crippen molar-refractivity contribution in [2.45, 2.75) is 12.3 Å². The van der Waals surface area contributed by atoms with Gasteiger partial charge in [-0.05, 0) is 6.92 Å². The van der Waals surface area contributed by atoms with Gasteiger partial charge in [0.2, 0.25) is 0 Å². The maximum absolute atomic E-state index is 4.13. The van der Waals surface area contributed by atoms with Crippen LogP contribution >= 0.6 is 15.9 Å². The lowest BCUT2D eigenvalue weighted by atomic mass is 10.7. The molecule has 0 saturated heterocycles. The topological polar surface area (TPSA) is 30.7 Å². The van der Waals surface area contributed by atoms with E-state index in [1.807, 2.05) is 14.0 Å². The van der Waals surface area contributed by atoms with Crippen LogP contribution in [0.25, 0.3) is 0 Å². The van der Waals surface area contributed by atoms with Gasteiger partial charge >= 0.3 is 0 Å². The molecule has 0 amide bonds. The third-order valence-corrected chi connectivity index (χ3v) is 1.65. The molecule has 0 radical (unpaired) electrons. The lowest BCUT2D eigenvalue weighted by molar-refractivity contribution is 0.727. The second-order valence-electron chi connectivity index (χ2n) is 1.83. The van der Waals surface area contributed by atoms with Crippen molar-refractivity contribution in [2.75, 3.05) is 0 Å². The smallest absolute Gasteiger partial charge is 0.161 e. The third kappa shape index (κ3) is 1.30. The van der Waals surface area contributed by atoms with Crippen LogP contribution in [0.1, 0.15) is 11.6 Å². The Kier molecular flexibility index (Phi) is 1.85. The van der Waals surface area contributed by atoms with Gasteiger partial charge < -0.3 is 0 Å². The molecule has 3 nitrogen and oxygen atoms in total. The molecule has 0 aliphatic rings. The molecule has 0 aliphatic carbocycles. The summed E-state index contributed by atoms with van der Waals surface area (Å²) in [5.74, 6) is 1.79. The molecule has 1 aromatic rings. The highest BCUT2D eigenvalue weighted by Gasteiger charge is 1.98. The average Bonchev–Trinajstić information content (AvgIpc) is 2.13. The Hall–Kier alpha value is -0.380. The van der Waals surface area contributed by atoms with Gasteiger partial charge in [0, 0.05) is 7.05 Å². The molecule has 0 bridgehead atoms. The Morgan fingerprint density at radius 1 is 1.67 bits per heavy atom.